The third-order valence-electron chi connectivity index (χ3n) is 2.41. The number of hydrogen-bond donors (Lipinski definition) is 2. The van der Waals surface area contributed by atoms with E-state index in [1.807, 2.05) is 0 Å². The molecule has 0 aliphatic heterocycles. The predicted molar refractivity (Wildman–Crippen MR) is 66.9 cm³/mol. The van der Waals surface area contributed by atoms with Crippen molar-refractivity contribution in [1.29, 1.82) is 0 Å². The number of nitrogens with zero attached hydrogens (tertiary/aromatic N) is 1. The van der Waals surface area contributed by atoms with E-state index < -0.39 is 24.4 Å². The Morgan fingerprint density at radius 2 is 2.16 bits per heavy atom. The summed E-state index contributed by atoms with van der Waals surface area (Å²) in [6.07, 6.45) is 0. The second-order valence-electron chi connectivity index (χ2n) is 3.68. The first-order valence-corrected chi connectivity index (χ1v) is 5.59. The number of hydrogen-bond acceptors (Lipinski definition) is 3. The SMILES string of the molecule is CCN(CC(=O)O)C(=O)Nc1cc(OC)ccc1F. The molecular weight excluding hydrogens is 255 g/mol. The number of carbonyl (C=O) groups is 2. The largest absolute Gasteiger partial charge is 0.497 e. The van der Waals surface area contributed by atoms with Gasteiger partial charge in [0.15, 0.2) is 0 Å². The number of halogens is 1. The average molecular weight is 270 g/mol. The van der Waals surface area contributed by atoms with E-state index >= 15 is 0 Å². The predicted octanol–water partition coefficient (Wildman–Crippen LogP) is 1.77. The number of carbonyl (C=O) groups excluding carboxylic acids is 1. The van der Waals surface area contributed by atoms with Gasteiger partial charge in [0.2, 0.25) is 0 Å². The molecule has 6 nitrogen and oxygen atoms in total. The number of carboxylic acids is 1. The number of benzene rings is 1. The fraction of sp³-hybridized carbons (Fsp3) is 0.333. The van der Waals surface area contributed by atoms with Crippen LogP contribution >= 0.6 is 0 Å². The summed E-state index contributed by atoms with van der Waals surface area (Å²) in [5.74, 6) is -1.37. The highest BCUT2D eigenvalue weighted by Crippen LogP contribution is 2.21. The van der Waals surface area contributed by atoms with Crippen LogP contribution in [0, 0.1) is 5.82 Å². The molecule has 0 radical (unpaired) electrons. The first-order valence-electron chi connectivity index (χ1n) is 5.59. The van der Waals surface area contributed by atoms with Gasteiger partial charge in [-0.1, -0.05) is 0 Å². The van der Waals surface area contributed by atoms with Crippen LogP contribution in [-0.4, -0.2) is 42.2 Å². The first kappa shape index (κ1) is 14.7. The van der Waals surface area contributed by atoms with Gasteiger partial charge in [0.25, 0.3) is 0 Å². The van der Waals surface area contributed by atoms with Gasteiger partial charge in [0.1, 0.15) is 18.1 Å². The Bertz CT molecular complexity index is 479. The van der Waals surface area contributed by atoms with Crippen molar-refractivity contribution in [3.63, 3.8) is 0 Å². The topological polar surface area (TPSA) is 78.9 Å². The summed E-state index contributed by atoms with van der Waals surface area (Å²) >= 11 is 0. The molecule has 0 aliphatic carbocycles. The van der Waals surface area contributed by atoms with Crippen LogP contribution in [-0.2, 0) is 4.79 Å². The smallest absolute Gasteiger partial charge is 0.323 e. The second-order valence-corrected chi connectivity index (χ2v) is 3.68. The Balaban J connectivity index is 2.82. The molecule has 0 spiro atoms. The third-order valence-corrected chi connectivity index (χ3v) is 2.41. The van der Waals surface area contributed by atoms with Crippen molar-refractivity contribution in [2.45, 2.75) is 6.92 Å². The summed E-state index contributed by atoms with van der Waals surface area (Å²) in [4.78, 5) is 23.4. The molecule has 1 aromatic rings. The van der Waals surface area contributed by atoms with Crippen molar-refractivity contribution in [3.05, 3.63) is 24.0 Å². The van der Waals surface area contributed by atoms with Crippen molar-refractivity contribution in [2.75, 3.05) is 25.5 Å². The van der Waals surface area contributed by atoms with Crippen LogP contribution in [0.1, 0.15) is 6.92 Å². The molecule has 0 saturated carbocycles. The average Bonchev–Trinajstić information content (AvgIpc) is 2.38. The lowest BCUT2D eigenvalue weighted by Crippen LogP contribution is -2.38. The molecule has 2 amide bonds. The minimum absolute atomic E-state index is 0.0619. The van der Waals surface area contributed by atoms with E-state index in [1.54, 1.807) is 6.92 Å². The number of aliphatic carboxylic acids is 1. The highest BCUT2D eigenvalue weighted by Gasteiger charge is 2.16. The van der Waals surface area contributed by atoms with E-state index in [0.717, 1.165) is 11.0 Å². The van der Waals surface area contributed by atoms with Crippen molar-refractivity contribution in [2.24, 2.45) is 0 Å². The van der Waals surface area contributed by atoms with E-state index in [0.29, 0.717) is 5.75 Å². The van der Waals surface area contributed by atoms with Crippen LogP contribution in [0.5, 0.6) is 5.75 Å². The number of ether oxygens (including phenoxy) is 1. The molecule has 0 aromatic heterocycles. The van der Waals surface area contributed by atoms with Crippen LogP contribution in [0.25, 0.3) is 0 Å². The van der Waals surface area contributed by atoms with Gasteiger partial charge in [-0.15, -0.1) is 0 Å². The summed E-state index contributed by atoms with van der Waals surface area (Å²) in [5, 5.41) is 11.0. The summed E-state index contributed by atoms with van der Waals surface area (Å²) in [6.45, 7) is 1.38. The van der Waals surface area contributed by atoms with Gasteiger partial charge in [-0.05, 0) is 19.1 Å². The van der Waals surface area contributed by atoms with Crippen LogP contribution < -0.4 is 10.1 Å². The van der Waals surface area contributed by atoms with Crippen LogP contribution in [0.2, 0.25) is 0 Å². The fourth-order valence-corrected chi connectivity index (χ4v) is 1.41. The van der Waals surface area contributed by atoms with Crippen molar-refractivity contribution in [3.8, 4) is 5.75 Å². The molecule has 7 heteroatoms. The molecule has 0 unspecified atom stereocenters. The number of likely N-dealkylation sites (N-methyl/N-ethyl adjacent to an activating group) is 1. The monoisotopic (exact) mass is 270 g/mol. The van der Waals surface area contributed by atoms with Gasteiger partial charge in [0, 0.05) is 12.6 Å². The quantitative estimate of drug-likeness (QED) is 0.854. The molecule has 0 fully saturated rings. The zero-order valence-corrected chi connectivity index (χ0v) is 10.6. The molecule has 0 bridgehead atoms. The van der Waals surface area contributed by atoms with E-state index in [4.69, 9.17) is 9.84 Å². The summed E-state index contributed by atoms with van der Waals surface area (Å²) in [7, 11) is 1.42. The molecule has 1 aromatic carbocycles. The van der Waals surface area contributed by atoms with Gasteiger partial charge >= 0.3 is 12.0 Å². The Kier molecular flexibility index (Phi) is 5.11. The molecule has 0 aliphatic rings. The van der Waals surface area contributed by atoms with Crippen LogP contribution in [0.15, 0.2) is 18.2 Å². The lowest BCUT2D eigenvalue weighted by molar-refractivity contribution is -0.137. The van der Waals surface area contributed by atoms with E-state index in [9.17, 15) is 14.0 Å². The standard InChI is InChI=1S/C12H15FN2O4/c1-3-15(7-11(16)17)12(18)14-10-6-8(19-2)4-5-9(10)13/h4-6H,3,7H2,1-2H3,(H,14,18)(H,16,17). The minimum Gasteiger partial charge on any atom is -0.497 e. The molecule has 19 heavy (non-hydrogen) atoms. The Labute approximate surface area is 109 Å². The Hall–Kier alpha value is -2.31. The van der Waals surface area contributed by atoms with Crippen molar-refractivity contribution < 1.29 is 23.8 Å². The fourth-order valence-electron chi connectivity index (χ4n) is 1.41. The molecule has 1 rings (SSSR count). The van der Waals surface area contributed by atoms with Gasteiger partial charge in [-0.2, -0.15) is 0 Å². The number of nitrogens with one attached hydrogen (secondary N) is 1. The second kappa shape index (κ2) is 6.58. The summed E-state index contributed by atoms with van der Waals surface area (Å²) in [6, 6.07) is 3.21. The number of methoxy groups -OCH3 is 1. The number of carboxylic acid groups (broad SMARTS) is 1. The number of rotatable bonds is 5. The maximum absolute atomic E-state index is 13.5. The normalized spacial score (nSPS) is 9.84. The Morgan fingerprint density at radius 1 is 1.47 bits per heavy atom. The van der Waals surface area contributed by atoms with Gasteiger partial charge in [-0.3, -0.25) is 4.79 Å². The summed E-state index contributed by atoms with van der Waals surface area (Å²) in [5.41, 5.74) is -0.0619. The van der Waals surface area contributed by atoms with Gasteiger partial charge in [0.05, 0.1) is 12.8 Å². The molecule has 104 valence electrons. The number of anilines is 1. The summed E-state index contributed by atoms with van der Waals surface area (Å²) < 4.78 is 18.4. The van der Waals surface area contributed by atoms with Crippen molar-refractivity contribution >= 4 is 17.7 Å². The first-order chi connectivity index (χ1) is 8.97. The molecular formula is C12H15FN2O4. The van der Waals surface area contributed by atoms with Crippen LogP contribution in [0.4, 0.5) is 14.9 Å². The molecule has 2 N–H and O–H groups in total. The maximum Gasteiger partial charge on any atom is 0.323 e. The number of urea groups is 1. The van der Waals surface area contributed by atoms with E-state index in [1.165, 1.54) is 19.2 Å². The lowest BCUT2D eigenvalue weighted by Gasteiger charge is -2.19. The van der Waals surface area contributed by atoms with Crippen LogP contribution in [0.3, 0.4) is 0 Å². The number of amides is 2. The zero-order chi connectivity index (χ0) is 14.4. The highest BCUT2D eigenvalue weighted by molar-refractivity contribution is 5.91. The Morgan fingerprint density at radius 3 is 2.68 bits per heavy atom. The molecule has 0 heterocycles. The minimum atomic E-state index is -1.14. The lowest BCUT2D eigenvalue weighted by atomic mass is 10.3. The molecule has 0 saturated heterocycles. The molecule has 0 atom stereocenters. The maximum atomic E-state index is 13.5. The highest BCUT2D eigenvalue weighted by atomic mass is 19.1. The van der Waals surface area contributed by atoms with E-state index in [-0.39, 0.29) is 12.2 Å². The van der Waals surface area contributed by atoms with E-state index in [2.05, 4.69) is 5.32 Å². The van der Waals surface area contributed by atoms with Gasteiger partial charge < -0.3 is 20.1 Å². The zero-order valence-electron chi connectivity index (χ0n) is 10.6. The third kappa shape index (κ3) is 4.13. The van der Waals surface area contributed by atoms with Gasteiger partial charge in [-0.25, -0.2) is 9.18 Å². The van der Waals surface area contributed by atoms with Crippen molar-refractivity contribution in [1.82, 2.24) is 4.90 Å².